The van der Waals surface area contributed by atoms with Gasteiger partial charge in [-0.25, -0.2) is 8.42 Å². The molecule has 0 heterocycles. The molecule has 3 aromatic carbocycles. The fraction of sp³-hybridized carbons (Fsp3) is 0.375. The van der Waals surface area contributed by atoms with Crippen LogP contribution in [0.4, 0.5) is 5.69 Å². The summed E-state index contributed by atoms with van der Waals surface area (Å²) in [5.41, 5.74) is 3.60. The van der Waals surface area contributed by atoms with E-state index >= 15 is 0 Å². The average molecular weight is 633 g/mol. The minimum absolute atomic E-state index is 0.0423. The van der Waals surface area contributed by atoms with Crippen LogP contribution < -0.4 is 9.62 Å². The maximum absolute atomic E-state index is 14.2. The molecule has 3 aromatic rings. The van der Waals surface area contributed by atoms with Crippen LogP contribution in [0.3, 0.4) is 0 Å². The van der Waals surface area contributed by atoms with E-state index in [1.165, 1.54) is 17.0 Å². The molecule has 0 unspecified atom stereocenters. The average Bonchev–Trinajstić information content (AvgIpc) is 2.95. The van der Waals surface area contributed by atoms with E-state index in [0.29, 0.717) is 34.3 Å². The molecule has 0 aliphatic rings. The summed E-state index contributed by atoms with van der Waals surface area (Å²) in [6.07, 6.45) is 2.04. The number of sulfonamides is 1. The van der Waals surface area contributed by atoms with Crippen LogP contribution in [0.15, 0.2) is 65.6 Å². The van der Waals surface area contributed by atoms with Crippen LogP contribution in [0.25, 0.3) is 0 Å². The Balaban J connectivity index is 2.09. The SMILES string of the molecule is CCCCNC(=O)[C@@H](CC)N(Cc1ccc(Cl)c(Cl)c1)C(=O)CN(c1cccc(C)c1C)S(=O)(=O)c1ccc(C)cc1. The quantitative estimate of drug-likeness (QED) is 0.209. The first kappa shape index (κ1) is 33.4. The second-order valence-electron chi connectivity index (χ2n) is 10.4. The number of benzene rings is 3. The molecule has 0 radical (unpaired) electrons. The molecule has 1 atom stereocenters. The van der Waals surface area contributed by atoms with Gasteiger partial charge >= 0.3 is 0 Å². The van der Waals surface area contributed by atoms with E-state index in [9.17, 15) is 18.0 Å². The summed E-state index contributed by atoms with van der Waals surface area (Å²) in [6.45, 7) is 9.47. The standard InChI is InChI=1S/C32H39Cl2N3O4S/c1-6-8-18-35-32(39)29(7-2)36(20-25-14-17-27(33)28(34)19-25)31(38)21-37(30-11-9-10-23(4)24(30)5)42(40,41)26-15-12-22(3)13-16-26/h9-17,19,29H,6-8,18,20-21H2,1-5H3,(H,35,39)/t29-/m1/s1. The van der Waals surface area contributed by atoms with Crippen molar-refractivity contribution in [3.63, 3.8) is 0 Å². The Morgan fingerprint density at radius 3 is 2.24 bits per heavy atom. The molecule has 2 amide bonds. The number of hydrogen-bond acceptors (Lipinski definition) is 4. The highest BCUT2D eigenvalue weighted by Gasteiger charge is 2.34. The molecular weight excluding hydrogens is 593 g/mol. The highest BCUT2D eigenvalue weighted by molar-refractivity contribution is 7.92. The van der Waals surface area contributed by atoms with Crippen molar-refractivity contribution in [2.24, 2.45) is 0 Å². The number of amides is 2. The molecule has 0 spiro atoms. The molecule has 0 fully saturated rings. The predicted molar refractivity (Wildman–Crippen MR) is 171 cm³/mol. The summed E-state index contributed by atoms with van der Waals surface area (Å²) in [6, 6.07) is 16.1. The van der Waals surface area contributed by atoms with E-state index in [1.807, 2.05) is 40.7 Å². The third kappa shape index (κ3) is 8.06. The number of nitrogens with zero attached hydrogens (tertiary/aromatic N) is 2. The Labute approximate surface area is 259 Å². The number of carbonyl (C=O) groups excluding carboxylic acids is 2. The van der Waals surface area contributed by atoms with Crippen LogP contribution >= 0.6 is 23.2 Å². The molecule has 1 N–H and O–H groups in total. The number of aryl methyl sites for hydroxylation is 2. The van der Waals surface area contributed by atoms with E-state index in [0.717, 1.165) is 33.8 Å². The van der Waals surface area contributed by atoms with E-state index in [1.54, 1.807) is 42.5 Å². The number of rotatable bonds is 13. The lowest BCUT2D eigenvalue weighted by Crippen LogP contribution is -2.52. The van der Waals surface area contributed by atoms with Crippen LogP contribution in [-0.2, 0) is 26.2 Å². The molecule has 0 aliphatic heterocycles. The fourth-order valence-corrected chi connectivity index (χ4v) is 6.41. The summed E-state index contributed by atoms with van der Waals surface area (Å²) in [4.78, 5) is 29.1. The first-order chi connectivity index (χ1) is 19.9. The van der Waals surface area contributed by atoms with Gasteiger partial charge in [0.1, 0.15) is 12.6 Å². The van der Waals surface area contributed by atoms with Crippen molar-refractivity contribution in [1.82, 2.24) is 10.2 Å². The second-order valence-corrected chi connectivity index (χ2v) is 13.1. The van der Waals surface area contributed by atoms with Crippen LogP contribution in [0.5, 0.6) is 0 Å². The van der Waals surface area contributed by atoms with Crippen LogP contribution in [0.1, 0.15) is 55.4 Å². The van der Waals surface area contributed by atoms with Crippen LogP contribution in [0, 0.1) is 20.8 Å². The maximum Gasteiger partial charge on any atom is 0.264 e. The van der Waals surface area contributed by atoms with Crippen molar-refractivity contribution in [3.8, 4) is 0 Å². The Morgan fingerprint density at radius 1 is 0.929 bits per heavy atom. The Kier molecular flexibility index (Phi) is 11.9. The number of anilines is 1. The third-order valence-corrected chi connectivity index (χ3v) is 9.80. The van der Waals surface area contributed by atoms with Crippen molar-refractivity contribution in [3.05, 3.63) is 93.0 Å². The molecule has 3 rings (SSSR count). The predicted octanol–water partition coefficient (Wildman–Crippen LogP) is 6.84. The minimum Gasteiger partial charge on any atom is -0.354 e. The normalized spacial score (nSPS) is 12.1. The van der Waals surface area contributed by atoms with E-state index in [4.69, 9.17) is 23.2 Å². The van der Waals surface area contributed by atoms with Gasteiger partial charge < -0.3 is 10.2 Å². The van der Waals surface area contributed by atoms with Gasteiger partial charge in [-0.3, -0.25) is 13.9 Å². The summed E-state index contributed by atoms with van der Waals surface area (Å²) >= 11 is 12.4. The smallest absolute Gasteiger partial charge is 0.264 e. The van der Waals surface area contributed by atoms with Gasteiger partial charge in [-0.05, 0) is 80.6 Å². The lowest BCUT2D eigenvalue weighted by atomic mass is 10.1. The monoisotopic (exact) mass is 631 g/mol. The highest BCUT2D eigenvalue weighted by Crippen LogP contribution is 2.30. The fourth-order valence-electron chi connectivity index (χ4n) is 4.62. The lowest BCUT2D eigenvalue weighted by molar-refractivity contribution is -0.140. The van der Waals surface area contributed by atoms with E-state index in [2.05, 4.69) is 5.32 Å². The number of nitrogens with one attached hydrogen (secondary N) is 1. The number of unbranched alkanes of at least 4 members (excludes halogenated alkanes) is 1. The molecule has 0 saturated heterocycles. The van der Waals surface area contributed by atoms with Gasteiger partial charge in [0.15, 0.2) is 0 Å². The summed E-state index contributed by atoms with van der Waals surface area (Å²) in [7, 11) is -4.15. The molecular formula is C32H39Cl2N3O4S. The van der Waals surface area contributed by atoms with Crippen molar-refractivity contribution in [1.29, 1.82) is 0 Å². The summed E-state index contributed by atoms with van der Waals surface area (Å²) in [5.74, 6) is -0.811. The largest absolute Gasteiger partial charge is 0.354 e. The highest BCUT2D eigenvalue weighted by atomic mass is 35.5. The van der Waals surface area contributed by atoms with Crippen molar-refractivity contribution in [2.75, 3.05) is 17.4 Å². The molecule has 0 bridgehead atoms. The molecule has 42 heavy (non-hydrogen) atoms. The van der Waals surface area contributed by atoms with Gasteiger partial charge in [0.05, 0.1) is 20.6 Å². The number of halogens is 2. The Hall–Kier alpha value is -3.07. The van der Waals surface area contributed by atoms with Crippen molar-refractivity contribution in [2.45, 2.75) is 71.4 Å². The summed E-state index contributed by atoms with van der Waals surface area (Å²) < 4.78 is 29.3. The molecule has 10 heteroatoms. The lowest BCUT2D eigenvalue weighted by Gasteiger charge is -2.33. The van der Waals surface area contributed by atoms with Gasteiger partial charge in [-0.15, -0.1) is 0 Å². The van der Waals surface area contributed by atoms with Gasteiger partial charge in [-0.2, -0.15) is 0 Å². The minimum atomic E-state index is -4.15. The number of carbonyl (C=O) groups is 2. The zero-order valence-electron chi connectivity index (χ0n) is 24.8. The van der Waals surface area contributed by atoms with Crippen LogP contribution in [0.2, 0.25) is 10.0 Å². The van der Waals surface area contributed by atoms with Crippen molar-refractivity contribution >= 4 is 50.7 Å². The maximum atomic E-state index is 14.2. The molecule has 0 saturated carbocycles. The summed E-state index contributed by atoms with van der Waals surface area (Å²) in [5, 5.41) is 3.62. The topological polar surface area (TPSA) is 86.8 Å². The number of hydrogen-bond donors (Lipinski definition) is 1. The van der Waals surface area contributed by atoms with E-state index < -0.39 is 28.5 Å². The van der Waals surface area contributed by atoms with Gasteiger partial charge in [0.25, 0.3) is 10.0 Å². The zero-order chi connectivity index (χ0) is 31.0. The van der Waals surface area contributed by atoms with Crippen molar-refractivity contribution < 1.29 is 18.0 Å². The molecule has 0 aliphatic carbocycles. The first-order valence-electron chi connectivity index (χ1n) is 14.1. The van der Waals surface area contributed by atoms with E-state index in [-0.39, 0.29) is 17.3 Å². The Morgan fingerprint density at radius 2 is 1.62 bits per heavy atom. The third-order valence-electron chi connectivity index (χ3n) is 7.28. The van der Waals surface area contributed by atoms with Gasteiger partial charge in [0, 0.05) is 13.1 Å². The second kappa shape index (κ2) is 14.9. The van der Waals surface area contributed by atoms with Crippen LogP contribution in [-0.4, -0.2) is 44.3 Å². The van der Waals surface area contributed by atoms with Gasteiger partial charge in [0.2, 0.25) is 11.8 Å². The molecule has 226 valence electrons. The Bertz CT molecular complexity index is 1510. The molecule has 0 aromatic heterocycles. The van der Waals surface area contributed by atoms with Gasteiger partial charge in [-0.1, -0.05) is 79.4 Å². The molecule has 7 nitrogen and oxygen atoms in total. The first-order valence-corrected chi connectivity index (χ1v) is 16.3. The zero-order valence-corrected chi connectivity index (χ0v) is 27.1.